The highest BCUT2D eigenvalue weighted by atomic mass is 16.5. The van der Waals surface area contributed by atoms with E-state index >= 15 is 0 Å². The molecule has 4 N–H and O–H groups in total. The molecule has 1 aliphatic heterocycles. The van der Waals surface area contributed by atoms with Crippen molar-refractivity contribution in [3.63, 3.8) is 0 Å². The van der Waals surface area contributed by atoms with Crippen LogP contribution in [-0.2, 0) is 6.42 Å². The summed E-state index contributed by atoms with van der Waals surface area (Å²) >= 11 is 0. The van der Waals surface area contributed by atoms with E-state index in [2.05, 4.69) is 11.1 Å². The van der Waals surface area contributed by atoms with Crippen LogP contribution < -0.4 is 16.2 Å². The summed E-state index contributed by atoms with van der Waals surface area (Å²) in [5, 5.41) is 0. The second kappa shape index (κ2) is 5.13. The summed E-state index contributed by atoms with van der Waals surface area (Å²) in [6, 6.07) is 9.97. The third-order valence-electron chi connectivity index (χ3n) is 3.86. The van der Waals surface area contributed by atoms with Gasteiger partial charge in [-0.15, -0.1) is 0 Å². The highest BCUT2D eigenvalue weighted by Crippen LogP contribution is 2.33. The number of nitrogens with two attached hydrogens (primary N) is 2. The summed E-state index contributed by atoms with van der Waals surface area (Å²) in [6.07, 6.45) is 2.67. The topological polar surface area (TPSA) is 74.2 Å². The Morgan fingerprint density at radius 1 is 1.35 bits per heavy atom. The molecule has 4 heteroatoms. The molecule has 0 bridgehead atoms. The average Bonchev–Trinajstić information content (AvgIpc) is 2.48. The first-order valence-electron chi connectivity index (χ1n) is 6.83. The molecule has 0 saturated carbocycles. The Hall–Kier alpha value is -2.07. The lowest BCUT2D eigenvalue weighted by Crippen LogP contribution is -2.32. The molecule has 3 rings (SSSR count). The number of hydrogen-bond donors (Lipinski definition) is 2. The fraction of sp³-hybridized carbons (Fsp3) is 0.312. The Morgan fingerprint density at radius 2 is 2.15 bits per heavy atom. The van der Waals surface area contributed by atoms with Crippen LogP contribution in [0.2, 0.25) is 0 Å². The van der Waals surface area contributed by atoms with Gasteiger partial charge in [-0.3, -0.25) is 0 Å². The molecule has 20 heavy (non-hydrogen) atoms. The van der Waals surface area contributed by atoms with Gasteiger partial charge in [0.1, 0.15) is 11.6 Å². The van der Waals surface area contributed by atoms with Crippen LogP contribution >= 0.6 is 0 Å². The summed E-state index contributed by atoms with van der Waals surface area (Å²) in [5.41, 5.74) is 15.5. The smallest absolute Gasteiger partial charge is 0.128 e. The molecule has 0 fully saturated rings. The van der Waals surface area contributed by atoms with Gasteiger partial charge >= 0.3 is 0 Å². The molecule has 0 spiro atoms. The van der Waals surface area contributed by atoms with Crippen LogP contribution in [0.5, 0.6) is 5.75 Å². The SMILES string of the molecule is Cc1cnc(N)c(C(N)C2COc3ccccc3C2)c1. The fourth-order valence-corrected chi connectivity index (χ4v) is 2.71. The van der Waals surface area contributed by atoms with Crippen molar-refractivity contribution >= 4 is 5.82 Å². The number of para-hydroxylation sites is 1. The Morgan fingerprint density at radius 3 is 3.00 bits per heavy atom. The van der Waals surface area contributed by atoms with Crippen molar-refractivity contribution in [1.29, 1.82) is 0 Å². The molecule has 1 aromatic heterocycles. The molecular formula is C16H19N3O. The van der Waals surface area contributed by atoms with Gasteiger partial charge in [0.15, 0.2) is 0 Å². The first-order valence-corrected chi connectivity index (χ1v) is 6.83. The van der Waals surface area contributed by atoms with Crippen molar-refractivity contribution in [3.8, 4) is 5.75 Å². The zero-order valence-corrected chi connectivity index (χ0v) is 11.5. The summed E-state index contributed by atoms with van der Waals surface area (Å²) in [5.74, 6) is 1.70. The van der Waals surface area contributed by atoms with Gasteiger partial charge in [-0.1, -0.05) is 18.2 Å². The van der Waals surface area contributed by atoms with E-state index in [1.807, 2.05) is 31.2 Å². The Balaban J connectivity index is 1.85. The lowest BCUT2D eigenvalue weighted by Gasteiger charge is -2.30. The normalized spacial score (nSPS) is 19.0. The van der Waals surface area contributed by atoms with Gasteiger partial charge in [0.2, 0.25) is 0 Å². The lowest BCUT2D eigenvalue weighted by atomic mass is 9.87. The van der Waals surface area contributed by atoms with E-state index < -0.39 is 0 Å². The number of benzene rings is 1. The zero-order chi connectivity index (χ0) is 14.1. The summed E-state index contributed by atoms with van der Waals surface area (Å²) in [7, 11) is 0. The number of nitrogen functional groups attached to an aromatic ring is 1. The molecule has 4 nitrogen and oxygen atoms in total. The fourth-order valence-electron chi connectivity index (χ4n) is 2.71. The third-order valence-corrected chi connectivity index (χ3v) is 3.86. The molecule has 1 aliphatic rings. The Bertz CT molecular complexity index is 627. The molecular weight excluding hydrogens is 250 g/mol. The van der Waals surface area contributed by atoms with Crippen LogP contribution in [0.3, 0.4) is 0 Å². The van der Waals surface area contributed by atoms with Crippen molar-refractivity contribution in [2.24, 2.45) is 11.7 Å². The number of aromatic nitrogens is 1. The maximum Gasteiger partial charge on any atom is 0.128 e. The van der Waals surface area contributed by atoms with Crippen molar-refractivity contribution in [2.45, 2.75) is 19.4 Å². The molecule has 1 aromatic carbocycles. The number of rotatable bonds is 2. The third kappa shape index (κ3) is 2.34. The predicted octanol–water partition coefficient (Wildman–Crippen LogP) is 2.22. The van der Waals surface area contributed by atoms with Gasteiger partial charge in [-0.05, 0) is 36.6 Å². The van der Waals surface area contributed by atoms with Crippen molar-refractivity contribution in [1.82, 2.24) is 4.98 Å². The van der Waals surface area contributed by atoms with Gasteiger partial charge in [0.05, 0.1) is 6.61 Å². The number of aryl methyl sites for hydroxylation is 1. The molecule has 0 aliphatic carbocycles. The quantitative estimate of drug-likeness (QED) is 0.876. The lowest BCUT2D eigenvalue weighted by molar-refractivity contribution is 0.200. The number of pyridine rings is 1. The van der Waals surface area contributed by atoms with Crippen molar-refractivity contribution < 1.29 is 4.74 Å². The Kier molecular flexibility index (Phi) is 3.32. The highest BCUT2D eigenvalue weighted by molar-refractivity contribution is 5.44. The second-order valence-corrected chi connectivity index (χ2v) is 5.40. The maximum absolute atomic E-state index is 6.40. The minimum Gasteiger partial charge on any atom is -0.493 e. The monoisotopic (exact) mass is 269 g/mol. The van der Waals surface area contributed by atoms with Crippen molar-refractivity contribution in [3.05, 3.63) is 53.2 Å². The average molecular weight is 269 g/mol. The highest BCUT2D eigenvalue weighted by Gasteiger charge is 2.27. The molecule has 2 atom stereocenters. The van der Waals surface area contributed by atoms with E-state index in [0.717, 1.165) is 23.3 Å². The van der Waals surface area contributed by atoms with E-state index in [0.29, 0.717) is 12.4 Å². The molecule has 2 heterocycles. The molecule has 2 unspecified atom stereocenters. The summed E-state index contributed by atoms with van der Waals surface area (Å²) in [4.78, 5) is 4.20. The van der Waals surface area contributed by atoms with Gasteiger partial charge in [0, 0.05) is 23.7 Å². The van der Waals surface area contributed by atoms with Crippen LogP contribution in [0.1, 0.15) is 22.7 Å². The van der Waals surface area contributed by atoms with Crippen LogP contribution in [0.25, 0.3) is 0 Å². The minimum absolute atomic E-state index is 0.157. The van der Waals surface area contributed by atoms with Gasteiger partial charge in [-0.25, -0.2) is 4.98 Å². The van der Waals surface area contributed by atoms with Gasteiger partial charge in [0.25, 0.3) is 0 Å². The first kappa shape index (κ1) is 12.9. The van der Waals surface area contributed by atoms with E-state index in [1.54, 1.807) is 6.20 Å². The minimum atomic E-state index is -0.157. The van der Waals surface area contributed by atoms with Crippen LogP contribution in [0.4, 0.5) is 5.82 Å². The van der Waals surface area contributed by atoms with Crippen LogP contribution in [0, 0.1) is 12.8 Å². The van der Waals surface area contributed by atoms with Gasteiger partial charge < -0.3 is 16.2 Å². The largest absolute Gasteiger partial charge is 0.493 e. The summed E-state index contributed by atoms with van der Waals surface area (Å²) < 4.78 is 5.81. The number of hydrogen-bond acceptors (Lipinski definition) is 4. The molecule has 0 amide bonds. The van der Waals surface area contributed by atoms with E-state index in [1.165, 1.54) is 5.56 Å². The van der Waals surface area contributed by atoms with E-state index in [4.69, 9.17) is 16.2 Å². The number of nitrogens with zero attached hydrogens (tertiary/aromatic N) is 1. The summed E-state index contributed by atoms with van der Waals surface area (Å²) in [6.45, 7) is 2.61. The first-order chi connectivity index (χ1) is 9.65. The Labute approximate surface area is 118 Å². The van der Waals surface area contributed by atoms with Gasteiger partial charge in [-0.2, -0.15) is 0 Å². The van der Waals surface area contributed by atoms with E-state index in [-0.39, 0.29) is 12.0 Å². The predicted molar refractivity (Wildman–Crippen MR) is 79.4 cm³/mol. The maximum atomic E-state index is 6.40. The number of ether oxygens (including phenoxy) is 1. The molecule has 0 radical (unpaired) electrons. The molecule has 2 aromatic rings. The number of fused-ring (bicyclic) bond motifs is 1. The number of anilines is 1. The second-order valence-electron chi connectivity index (χ2n) is 5.40. The van der Waals surface area contributed by atoms with E-state index in [9.17, 15) is 0 Å². The standard InChI is InChI=1S/C16H19N3O/c1-10-6-13(16(18)19-8-10)15(17)12-7-11-4-2-3-5-14(11)20-9-12/h2-6,8,12,15H,7,9,17H2,1H3,(H2,18,19). The van der Waals surface area contributed by atoms with Crippen LogP contribution in [0.15, 0.2) is 36.5 Å². The van der Waals surface area contributed by atoms with Crippen molar-refractivity contribution in [2.75, 3.05) is 12.3 Å². The molecule has 0 saturated heterocycles. The zero-order valence-electron chi connectivity index (χ0n) is 11.5. The van der Waals surface area contributed by atoms with Crippen LogP contribution in [-0.4, -0.2) is 11.6 Å². The molecule has 104 valence electrons.